The van der Waals surface area contributed by atoms with Gasteiger partial charge < -0.3 is 5.32 Å². The Morgan fingerprint density at radius 3 is 2.74 bits per heavy atom. The van der Waals surface area contributed by atoms with E-state index >= 15 is 0 Å². The summed E-state index contributed by atoms with van der Waals surface area (Å²) in [6, 6.07) is 11.4. The number of hydrogen-bond donors (Lipinski definition) is 2. The van der Waals surface area contributed by atoms with E-state index in [9.17, 15) is 4.79 Å². The standard InChI is InChI=1S/C15H17NOS2/c1-15(2,13-7-4-8-19-13)10-16-14(17)11-5-3-6-12(18)9-11/h3-9,18H,10H2,1-2H3,(H,16,17). The largest absolute Gasteiger partial charge is 0.351 e. The molecule has 1 N–H and O–H groups in total. The van der Waals surface area contributed by atoms with E-state index in [2.05, 4.69) is 43.2 Å². The Hall–Kier alpha value is -1.26. The number of rotatable bonds is 4. The van der Waals surface area contributed by atoms with Gasteiger partial charge in [-0.25, -0.2) is 0 Å². The van der Waals surface area contributed by atoms with Crippen molar-refractivity contribution < 1.29 is 4.79 Å². The Morgan fingerprint density at radius 1 is 1.32 bits per heavy atom. The van der Waals surface area contributed by atoms with Crippen molar-refractivity contribution in [2.24, 2.45) is 0 Å². The summed E-state index contributed by atoms with van der Waals surface area (Å²) >= 11 is 5.96. The number of carbonyl (C=O) groups excluding carboxylic acids is 1. The smallest absolute Gasteiger partial charge is 0.251 e. The van der Waals surface area contributed by atoms with Crippen LogP contribution in [0.25, 0.3) is 0 Å². The molecule has 0 spiro atoms. The van der Waals surface area contributed by atoms with Gasteiger partial charge in [0, 0.05) is 27.3 Å². The molecule has 1 aromatic heterocycles. The fraction of sp³-hybridized carbons (Fsp3) is 0.267. The summed E-state index contributed by atoms with van der Waals surface area (Å²) in [7, 11) is 0. The number of hydrogen-bond acceptors (Lipinski definition) is 3. The molecule has 19 heavy (non-hydrogen) atoms. The maximum absolute atomic E-state index is 12.1. The summed E-state index contributed by atoms with van der Waals surface area (Å²) in [5.41, 5.74) is 0.594. The fourth-order valence-electron chi connectivity index (χ4n) is 1.80. The number of thiophene rings is 1. The van der Waals surface area contributed by atoms with Crippen molar-refractivity contribution in [3.8, 4) is 0 Å². The topological polar surface area (TPSA) is 29.1 Å². The number of carbonyl (C=O) groups is 1. The number of amides is 1. The minimum atomic E-state index is -0.0551. The first kappa shape index (κ1) is 14.2. The number of benzene rings is 1. The van der Waals surface area contributed by atoms with Crippen molar-refractivity contribution in [1.29, 1.82) is 0 Å². The third-order valence-electron chi connectivity index (χ3n) is 2.99. The van der Waals surface area contributed by atoms with Crippen LogP contribution in [0.5, 0.6) is 0 Å². The molecule has 0 aliphatic carbocycles. The Bertz CT molecular complexity index is 561. The normalized spacial score (nSPS) is 11.3. The quantitative estimate of drug-likeness (QED) is 0.826. The van der Waals surface area contributed by atoms with Gasteiger partial charge in [-0.1, -0.05) is 26.0 Å². The monoisotopic (exact) mass is 291 g/mol. The predicted molar refractivity (Wildman–Crippen MR) is 83.4 cm³/mol. The van der Waals surface area contributed by atoms with E-state index in [1.54, 1.807) is 23.5 Å². The molecule has 0 atom stereocenters. The van der Waals surface area contributed by atoms with Crippen LogP contribution in [0.15, 0.2) is 46.7 Å². The molecule has 1 amide bonds. The van der Waals surface area contributed by atoms with Crippen LogP contribution in [0.3, 0.4) is 0 Å². The summed E-state index contributed by atoms with van der Waals surface area (Å²) in [6.07, 6.45) is 0. The van der Waals surface area contributed by atoms with Gasteiger partial charge in [0.2, 0.25) is 0 Å². The minimum Gasteiger partial charge on any atom is -0.351 e. The van der Waals surface area contributed by atoms with Crippen LogP contribution >= 0.6 is 24.0 Å². The molecule has 4 heteroatoms. The summed E-state index contributed by atoms with van der Waals surface area (Å²) in [4.78, 5) is 14.1. The highest BCUT2D eigenvalue weighted by Gasteiger charge is 2.22. The molecule has 0 bridgehead atoms. The molecule has 0 aliphatic heterocycles. The van der Waals surface area contributed by atoms with E-state index in [1.165, 1.54) is 4.88 Å². The van der Waals surface area contributed by atoms with Crippen molar-refractivity contribution in [2.75, 3.05) is 6.54 Å². The van der Waals surface area contributed by atoms with Gasteiger partial charge in [0.1, 0.15) is 0 Å². The van der Waals surface area contributed by atoms with Gasteiger partial charge in [-0.15, -0.1) is 24.0 Å². The molecule has 0 fully saturated rings. The highest BCUT2D eigenvalue weighted by atomic mass is 32.1. The maximum Gasteiger partial charge on any atom is 0.251 e. The van der Waals surface area contributed by atoms with Crippen molar-refractivity contribution in [3.63, 3.8) is 0 Å². The molecular formula is C15H17NOS2. The van der Waals surface area contributed by atoms with Crippen LogP contribution < -0.4 is 5.32 Å². The zero-order valence-corrected chi connectivity index (χ0v) is 12.7. The van der Waals surface area contributed by atoms with Crippen molar-refractivity contribution in [3.05, 3.63) is 52.2 Å². The zero-order chi connectivity index (χ0) is 13.9. The summed E-state index contributed by atoms with van der Waals surface area (Å²) in [5, 5.41) is 5.05. The lowest BCUT2D eigenvalue weighted by molar-refractivity contribution is 0.0945. The second-order valence-corrected chi connectivity index (χ2v) is 6.56. The Morgan fingerprint density at radius 2 is 2.11 bits per heavy atom. The molecule has 2 rings (SSSR count). The second kappa shape index (κ2) is 5.80. The van der Waals surface area contributed by atoms with Crippen LogP contribution in [0.1, 0.15) is 29.1 Å². The first-order valence-corrected chi connectivity index (χ1v) is 7.43. The van der Waals surface area contributed by atoms with E-state index in [1.807, 2.05) is 18.2 Å². The molecule has 0 saturated heterocycles. The average molecular weight is 291 g/mol. The number of nitrogens with one attached hydrogen (secondary N) is 1. The third kappa shape index (κ3) is 3.61. The van der Waals surface area contributed by atoms with Gasteiger partial charge >= 0.3 is 0 Å². The number of thiol groups is 1. The lowest BCUT2D eigenvalue weighted by Crippen LogP contribution is -2.36. The molecule has 0 saturated carbocycles. The zero-order valence-electron chi connectivity index (χ0n) is 11.0. The SMILES string of the molecule is CC(C)(CNC(=O)c1cccc(S)c1)c1cccs1. The summed E-state index contributed by atoms with van der Waals surface area (Å²) in [5.74, 6) is -0.0551. The van der Waals surface area contributed by atoms with E-state index in [4.69, 9.17) is 0 Å². The first-order valence-electron chi connectivity index (χ1n) is 6.10. The lowest BCUT2D eigenvalue weighted by Gasteiger charge is -2.23. The van der Waals surface area contributed by atoms with Crippen LogP contribution in [0, 0.1) is 0 Å². The highest BCUT2D eigenvalue weighted by molar-refractivity contribution is 7.80. The molecule has 2 aromatic rings. The maximum atomic E-state index is 12.1. The van der Waals surface area contributed by atoms with Crippen LogP contribution in [-0.4, -0.2) is 12.5 Å². The van der Waals surface area contributed by atoms with Crippen LogP contribution in [-0.2, 0) is 5.41 Å². The predicted octanol–water partition coefficient (Wildman–Crippen LogP) is 3.74. The van der Waals surface area contributed by atoms with Gasteiger partial charge in [0.15, 0.2) is 0 Å². The van der Waals surface area contributed by atoms with Gasteiger partial charge in [-0.3, -0.25) is 4.79 Å². The Labute approximate surface area is 123 Å². The Balaban J connectivity index is 2.01. The average Bonchev–Trinajstić information content (AvgIpc) is 2.90. The van der Waals surface area contributed by atoms with Gasteiger partial charge in [0.25, 0.3) is 5.91 Å². The van der Waals surface area contributed by atoms with E-state index < -0.39 is 0 Å². The summed E-state index contributed by atoms with van der Waals surface area (Å²) in [6.45, 7) is 4.88. The van der Waals surface area contributed by atoms with Crippen molar-refractivity contribution in [2.45, 2.75) is 24.2 Å². The molecule has 2 nitrogen and oxygen atoms in total. The molecule has 100 valence electrons. The minimum absolute atomic E-state index is 0.0532. The van der Waals surface area contributed by atoms with Crippen LogP contribution in [0.2, 0.25) is 0 Å². The van der Waals surface area contributed by atoms with Crippen molar-refractivity contribution >= 4 is 29.9 Å². The van der Waals surface area contributed by atoms with Gasteiger partial charge in [-0.05, 0) is 29.6 Å². The molecule has 0 unspecified atom stereocenters. The molecule has 0 aliphatic rings. The van der Waals surface area contributed by atoms with Gasteiger partial charge in [0.05, 0.1) is 0 Å². The molecular weight excluding hydrogens is 274 g/mol. The van der Waals surface area contributed by atoms with E-state index in [0.717, 1.165) is 4.90 Å². The Kier molecular flexibility index (Phi) is 4.32. The van der Waals surface area contributed by atoms with E-state index in [-0.39, 0.29) is 11.3 Å². The fourth-order valence-corrected chi connectivity index (χ4v) is 2.88. The van der Waals surface area contributed by atoms with Gasteiger partial charge in [-0.2, -0.15) is 0 Å². The molecule has 1 aromatic carbocycles. The third-order valence-corrected chi connectivity index (χ3v) is 4.50. The highest BCUT2D eigenvalue weighted by Crippen LogP contribution is 2.26. The molecule has 0 radical (unpaired) electrons. The molecule has 1 heterocycles. The van der Waals surface area contributed by atoms with Crippen LogP contribution in [0.4, 0.5) is 0 Å². The van der Waals surface area contributed by atoms with Crippen molar-refractivity contribution in [1.82, 2.24) is 5.32 Å². The van der Waals surface area contributed by atoms with E-state index in [0.29, 0.717) is 12.1 Å². The summed E-state index contributed by atoms with van der Waals surface area (Å²) < 4.78 is 0. The lowest BCUT2D eigenvalue weighted by atomic mass is 9.91. The first-order chi connectivity index (χ1) is 8.99. The second-order valence-electron chi connectivity index (χ2n) is 5.09.